The van der Waals surface area contributed by atoms with Crippen molar-refractivity contribution < 1.29 is 28.2 Å². The van der Waals surface area contributed by atoms with Crippen LogP contribution in [0.1, 0.15) is 6.42 Å². The summed E-state index contributed by atoms with van der Waals surface area (Å²) in [5.41, 5.74) is 0. The highest BCUT2D eigenvalue weighted by molar-refractivity contribution is 7.74. The highest BCUT2D eigenvalue weighted by Crippen LogP contribution is 1.96. The fourth-order valence-electron chi connectivity index (χ4n) is 0.417. The molecule has 0 aliphatic heterocycles. The lowest BCUT2D eigenvalue weighted by Crippen LogP contribution is -2.24. The highest BCUT2D eigenvalue weighted by atomic mass is 32.2. The van der Waals surface area contributed by atoms with Crippen LogP contribution in [0, 0.1) is 0 Å². The van der Waals surface area contributed by atoms with Crippen molar-refractivity contribution in [3.63, 3.8) is 0 Å². The smallest absolute Gasteiger partial charge is 0.322 e. The number of rotatable bonds is 4. The summed E-state index contributed by atoms with van der Waals surface area (Å²) in [4.78, 5) is 19.9. The molecule has 1 atom stereocenters. The van der Waals surface area contributed by atoms with Gasteiger partial charge in [-0.25, -0.2) is 8.42 Å². The summed E-state index contributed by atoms with van der Waals surface area (Å²) < 4.78 is 20.1. The average molecular weight is 182 g/mol. The molecule has 0 aromatic heterocycles. The van der Waals surface area contributed by atoms with Crippen molar-refractivity contribution in [3.8, 4) is 0 Å². The van der Waals surface area contributed by atoms with Crippen LogP contribution in [0.3, 0.4) is 0 Å². The SMILES string of the molecule is O=C(O)CC(C(=O)O)[SH](=O)=O. The first-order valence-corrected chi connectivity index (χ1v) is 3.78. The molecule has 0 fully saturated rings. The molecule has 6 nitrogen and oxygen atoms in total. The topological polar surface area (TPSA) is 109 Å². The van der Waals surface area contributed by atoms with Crippen molar-refractivity contribution >= 4 is 22.6 Å². The molecule has 0 spiro atoms. The predicted octanol–water partition coefficient (Wildman–Crippen LogP) is -1.47. The molecule has 7 heteroatoms. The third kappa shape index (κ3) is 3.56. The molecule has 0 bridgehead atoms. The Morgan fingerprint density at radius 2 is 1.73 bits per heavy atom. The normalized spacial score (nSPS) is 12.8. The molecular weight excluding hydrogens is 176 g/mol. The minimum absolute atomic E-state index is 0.895. The minimum Gasteiger partial charge on any atom is -0.481 e. The maximum Gasteiger partial charge on any atom is 0.322 e. The summed E-state index contributed by atoms with van der Waals surface area (Å²) in [5, 5.41) is 14.4. The van der Waals surface area contributed by atoms with Crippen LogP contribution in [0.2, 0.25) is 0 Å². The molecule has 0 radical (unpaired) electrons. The van der Waals surface area contributed by atoms with Crippen LogP contribution in [0.5, 0.6) is 0 Å². The van der Waals surface area contributed by atoms with Crippen molar-refractivity contribution in [2.75, 3.05) is 0 Å². The van der Waals surface area contributed by atoms with Crippen molar-refractivity contribution in [1.82, 2.24) is 0 Å². The third-order valence-electron chi connectivity index (χ3n) is 0.908. The Morgan fingerprint density at radius 3 is 1.82 bits per heavy atom. The molecular formula is C4H6O6S. The van der Waals surface area contributed by atoms with Gasteiger partial charge >= 0.3 is 11.9 Å². The Labute approximate surface area is 63.4 Å². The van der Waals surface area contributed by atoms with Gasteiger partial charge in [0, 0.05) is 0 Å². The molecule has 64 valence electrons. The van der Waals surface area contributed by atoms with Crippen LogP contribution in [-0.4, -0.2) is 35.8 Å². The Balaban J connectivity index is 4.36. The van der Waals surface area contributed by atoms with E-state index < -0.39 is 34.3 Å². The van der Waals surface area contributed by atoms with Gasteiger partial charge in [-0.3, -0.25) is 9.59 Å². The number of carboxylic acid groups (broad SMARTS) is 2. The molecule has 0 aliphatic carbocycles. The standard InChI is InChI=1S/C4H6O6S/c5-3(6)1-2(4(7)8)11(9)10/h2,11H,1H2,(H,5,6)(H,7,8). The fourth-order valence-corrected chi connectivity index (χ4v) is 0.903. The molecule has 0 saturated heterocycles. The Hall–Kier alpha value is -1.11. The quantitative estimate of drug-likeness (QED) is 0.458. The first kappa shape index (κ1) is 9.89. The third-order valence-corrected chi connectivity index (χ3v) is 1.82. The van der Waals surface area contributed by atoms with Gasteiger partial charge in [-0.1, -0.05) is 0 Å². The van der Waals surface area contributed by atoms with Gasteiger partial charge in [0.15, 0.2) is 16.0 Å². The van der Waals surface area contributed by atoms with Crippen LogP contribution < -0.4 is 0 Å². The van der Waals surface area contributed by atoms with E-state index in [0.717, 1.165) is 0 Å². The van der Waals surface area contributed by atoms with Crippen molar-refractivity contribution in [3.05, 3.63) is 0 Å². The summed E-state index contributed by atoms with van der Waals surface area (Å²) >= 11 is 0. The number of hydrogen-bond acceptors (Lipinski definition) is 4. The van der Waals surface area contributed by atoms with Crippen LogP contribution in [0.25, 0.3) is 0 Å². The predicted molar refractivity (Wildman–Crippen MR) is 34.0 cm³/mol. The number of aliphatic carboxylic acids is 2. The fraction of sp³-hybridized carbons (Fsp3) is 0.500. The first-order chi connectivity index (χ1) is 4.95. The summed E-state index contributed by atoms with van der Waals surface area (Å²) in [5.74, 6) is -3.08. The Morgan fingerprint density at radius 1 is 1.27 bits per heavy atom. The first-order valence-electron chi connectivity index (χ1n) is 2.53. The second-order valence-corrected chi connectivity index (χ2v) is 2.93. The van der Waals surface area contributed by atoms with Crippen molar-refractivity contribution in [2.45, 2.75) is 11.7 Å². The van der Waals surface area contributed by atoms with E-state index >= 15 is 0 Å². The lowest BCUT2D eigenvalue weighted by Gasteiger charge is -1.98. The highest BCUT2D eigenvalue weighted by Gasteiger charge is 2.23. The van der Waals surface area contributed by atoms with E-state index in [-0.39, 0.29) is 0 Å². The van der Waals surface area contributed by atoms with Crippen LogP contribution >= 0.6 is 0 Å². The van der Waals surface area contributed by atoms with E-state index in [2.05, 4.69) is 0 Å². The van der Waals surface area contributed by atoms with Gasteiger partial charge in [-0.15, -0.1) is 0 Å². The second-order valence-electron chi connectivity index (χ2n) is 1.74. The molecule has 0 aromatic carbocycles. The summed E-state index contributed by atoms with van der Waals surface area (Å²) in [7, 11) is -3.22. The minimum atomic E-state index is -3.22. The van der Waals surface area contributed by atoms with Crippen molar-refractivity contribution in [2.24, 2.45) is 0 Å². The number of carboxylic acids is 2. The van der Waals surface area contributed by atoms with Gasteiger partial charge in [-0.05, 0) is 0 Å². The molecule has 2 N–H and O–H groups in total. The zero-order chi connectivity index (χ0) is 9.02. The van der Waals surface area contributed by atoms with E-state index in [1.165, 1.54) is 0 Å². The van der Waals surface area contributed by atoms with Gasteiger partial charge in [0.05, 0.1) is 6.42 Å². The summed E-state index contributed by atoms with van der Waals surface area (Å²) in [6.07, 6.45) is -0.895. The summed E-state index contributed by atoms with van der Waals surface area (Å²) in [6, 6.07) is 0. The van der Waals surface area contributed by atoms with Crippen molar-refractivity contribution in [1.29, 1.82) is 0 Å². The molecule has 0 rings (SSSR count). The molecule has 0 heterocycles. The molecule has 1 unspecified atom stereocenters. The molecule has 0 amide bonds. The molecule has 0 aromatic rings. The molecule has 0 aliphatic rings. The van der Waals surface area contributed by atoms with Gasteiger partial charge < -0.3 is 10.2 Å². The van der Waals surface area contributed by atoms with E-state index in [0.29, 0.717) is 0 Å². The van der Waals surface area contributed by atoms with Crippen LogP contribution in [-0.2, 0) is 20.3 Å². The Bertz CT molecular complexity index is 233. The van der Waals surface area contributed by atoms with Gasteiger partial charge in [0.25, 0.3) is 0 Å². The lowest BCUT2D eigenvalue weighted by molar-refractivity contribution is -0.143. The zero-order valence-corrected chi connectivity index (χ0v) is 6.15. The van der Waals surface area contributed by atoms with Gasteiger partial charge in [0.1, 0.15) is 0 Å². The van der Waals surface area contributed by atoms with Crippen LogP contribution in [0.4, 0.5) is 0 Å². The summed E-state index contributed by atoms with van der Waals surface area (Å²) in [6.45, 7) is 0. The maximum atomic E-state index is 10.1. The number of carbonyl (C=O) groups is 2. The largest absolute Gasteiger partial charge is 0.481 e. The maximum absolute atomic E-state index is 10.1. The van der Waals surface area contributed by atoms with Crippen LogP contribution in [0.15, 0.2) is 0 Å². The van der Waals surface area contributed by atoms with E-state index in [4.69, 9.17) is 10.2 Å². The average Bonchev–Trinajstić information content (AvgIpc) is 1.81. The van der Waals surface area contributed by atoms with E-state index in [1.807, 2.05) is 0 Å². The van der Waals surface area contributed by atoms with E-state index in [9.17, 15) is 18.0 Å². The van der Waals surface area contributed by atoms with Gasteiger partial charge in [-0.2, -0.15) is 0 Å². The second kappa shape index (κ2) is 3.91. The van der Waals surface area contributed by atoms with Gasteiger partial charge in [0.2, 0.25) is 0 Å². The lowest BCUT2D eigenvalue weighted by atomic mass is 10.3. The number of thiol groups is 1. The zero-order valence-electron chi connectivity index (χ0n) is 5.26. The monoisotopic (exact) mass is 182 g/mol. The Kier molecular flexibility index (Phi) is 3.52. The number of hydrogen-bond donors (Lipinski definition) is 3. The van der Waals surface area contributed by atoms with E-state index in [1.54, 1.807) is 0 Å². The molecule has 0 saturated carbocycles. The molecule has 11 heavy (non-hydrogen) atoms.